The quantitative estimate of drug-likeness (QED) is 0.661. The summed E-state index contributed by atoms with van der Waals surface area (Å²) in [6.07, 6.45) is 3.54. The predicted molar refractivity (Wildman–Crippen MR) is 107 cm³/mol. The number of hydrogen-bond donors (Lipinski definition) is 1. The van der Waals surface area contributed by atoms with Crippen molar-refractivity contribution in [2.75, 3.05) is 44.7 Å². The summed E-state index contributed by atoms with van der Waals surface area (Å²) in [6.45, 7) is 8.26. The molecule has 2 heterocycles. The fraction of sp³-hybridized carbons (Fsp3) is 0.450. The van der Waals surface area contributed by atoms with E-state index in [-0.39, 0.29) is 11.2 Å². The van der Waals surface area contributed by atoms with Crippen LogP contribution in [0.1, 0.15) is 19.4 Å². The Balaban J connectivity index is 1.57. The Morgan fingerprint density at radius 3 is 2.48 bits per heavy atom. The number of benzene rings is 1. The average Bonchev–Trinajstić information content (AvgIpc) is 2.69. The van der Waals surface area contributed by atoms with E-state index in [9.17, 15) is 4.39 Å². The van der Waals surface area contributed by atoms with Crippen LogP contribution in [0.2, 0.25) is 0 Å². The molecule has 0 unspecified atom stereocenters. The predicted octanol–water partition coefficient (Wildman–Crippen LogP) is 2.29. The minimum atomic E-state index is -0.211. The Bertz CT molecular complexity index is 769. The van der Waals surface area contributed by atoms with Crippen molar-refractivity contribution in [2.24, 2.45) is 4.99 Å². The van der Waals surface area contributed by atoms with Gasteiger partial charge in [0.05, 0.1) is 0 Å². The summed E-state index contributed by atoms with van der Waals surface area (Å²) < 4.78 is 13.6. The third kappa shape index (κ3) is 4.72. The van der Waals surface area contributed by atoms with Crippen LogP contribution in [0.4, 0.5) is 10.3 Å². The second kappa shape index (κ2) is 8.33. The van der Waals surface area contributed by atoms with Crippen molar-refractivity contribution in [3.05, 3.63) is 54.1 Å². The highest BCUT2D eigenvalue weighted by atomic mass is 19.1. The van der Waals surface area contributed by atoms with Crippen LogP contribution in [-0.4, -0.2) is 60.6 Å². The van der Waals surface area contributed by atoms with Gasteiger partial charge in [-0.15, -0.1) is 0 Å². The smallest absolute Gasteiger partial charge is 0.225 e. The molecule has 6 nitrogen and oxygen atoms in total. The Morgan fingerprint density at radius 1 is 1.15 bits per heavy atom. The maximum Gasteiger partial charge on any atom is 0.225 e. The largest absolute Gasteiger partial charge is 0.355 e. The summed E-state index contributed by atoms with van der Waals surface area (Å²) in [4.78, 5) is 17.5. The molecule has 0 radical (unpaired) electrons. The van der Waals surface area contributed by atoms with Gasteiger partial charge in [-0.3, -0.25) is 4.99 Å². The first-order valence-electron chi connectivity index (χ1n) is 9.23. The Morgan fingerprint density at radius 2 is 1.85 bits per heavy atom. The van der Waals surface area contributed by atoms with Crippen LogP contribution >= 0.6 is 0 Å². The van der Waals surface area contributed by atoms with Gasteiger partial charge in [0, 0.05) is 57.6 Å². The van der Waals surface area contributed by atoms with Crippen LogP contribution in [0.5, 0.6) is 0 Å². The first-order chi connectivity index (χ1) is 13.0. The highest BCUT2D eigenvalue weighted by Gasteiger charge is 2.25. The van der Waals surface area contributed by atoms with E-state index in [1.165, 1.54) is 6.07 Å². The van der Waals surface area contributed by atoms with Gasteiger partial charge in [0.15, 0.2) is 5.96 Å². The van der Waals surface area contributed by atoms with E-state index in [1.54, 1.807) is 31.6 Å². The number of guanidine groups is 1. The van der Waals surface area contributed by atoms with E-state index in [1.807, 2.05) is 12.1 Å². The minimum absolute atomic E-state index is 0.204. The van der Waals surface area contributed by atoms with Gasteiger partial charge in [-0.1, -0.05) is 26.0 Å². The standard InChI is InChI=1S/C20H27FN6/c1-20(2,16-6-4-7-17(21)14-16)15-25-18(22-3)26-10-12-27(13-11-26)19-23-8-5-9-24-19/h4-9,14H,10-13,15H2,1-3H3,(H,22,25). The average molecular weight is 370 g/mol. The zero-order valence-corrected chi connectivity index (χ0v) is 16.2. The number of nitrogens with one attached hydrogen (secondary N) is 1. The molecule has 27 heavy (non-hydrogen) atoms. The summed E-state index contributed by atoms with van der Waals surface area (Å²) >= 11 is 0. The SMILES string of the molecule is CN=C(NCC(C)(C)c1cccc(F)c1)N1CCN(c2ncccn2)CC1. The van der Waals surface area contributed by atoms with Gasteiger partial charge in [0.2, 0.25) is 5.95 Å². The summed E-state index contributed by atoms with van der Waals surface area (Å²) in [7, 11) is 1.80. The van der Waals surface area contributed by atoms with Crippen LogP contribution in [0.3, 0.4) is 0 Å². The van der Waals surface area contributed by atoms with Crippen LogP contribution in [0, 0.1) is 5.82 Å². The third-order valence-corrected chi connectivity index (χ3v) is 4.92. The molecule has 0 saturated carbocycles. The van der Waals surface area contributed by atoms with Crippen LogP contribution in [0.15, 0.2) is 47.7 Å². The molecule has 0 bridgehead atoms. The van der Waals surface area contributed by atoms with Gasteiger partial charge in [-0.05, 0) is 23.8 Å². The molecule has 1 aromatic carbocycles. The number of anilines is 1. The topological polar surface area (TPSA) is 56.7 Å². The lowest BCUT2D eigenvalue weighted by atomic mass is 9.84. The fourth-order valence-electron chi connectivity index (χ4n) is 3.22. The molecule has 0 amide bonds. The van der Waals surface area contributed by atoms with Gasteiger partial charge >= 0.3 is 0 Å². The molecular weight excluding hydrogens is 343 g/mol. The molecule has 1 N–H and O–H groups in total. The highest BCUT2D eigenvalue weighted by Crippen LogP contribution is 2.23. The molecule has 0 spiro atoms. The number of aliphatic imine (C=N–C) groups is 1. The van der Waals surface area contributed by atoms with Crippen LogP contribution < -0.4 is 10.2 Å². The van der Waals surface area contributed by atoms with E-state index in [0.29, 0.717) is 6.54 Å². The zero-order chi connectivity index (χ0) is 19.3. The zero-order valence-electron chi connectivity index (χ0n) is 16.2. The number of rotatable bonds is 4. The monoisotopic (exact) mass is 370 g/mol. The first-order valence-corrected chi connectivity index (χ1v) is 9.23. The number of halogens is 1. The van der Waals surface area contributed by atoms with E-state index in [0.717, 1.165) is 43.7 Å². The van der Waals surface area contributed by atoms with Crippen molar-refractivity contribution >= 4 is 11.9 Å². The maximum absolute atomic E-state index is 13.6. The molecule has 2 aromatic rings. The molecule has 0 aliphatic carbocycles. The lowest BCUT2D eigenvalue weighted by molar-refractivity contribution is 0.364. The number of aromatic nitrogens is 2. The van der Waals surface area contributed by atoms with Crippen molar-refractivity contribution in [1.82, 2.24) is 20.2 Å². The lowest BCUT2D eigenvalue weighted by Gasteiger charge is -2.37. The molecule has 0 atom stereocenters. The van der Waals surface area contributed by atoms with Crippen molar-refractivity contribution in [3.63, 3.8) is 0 Å². The Hall–Kier alpha value is -2.70. The van der Waals surface area contributed by atoms with Gasteiger partial charge in [-0.25, -0.2) is 14.4 Å². The van der Waals surface area contributed by atoms with Gasteiger partial charge in [-0.2, -0.15) is 0 Å². The molecule has 3 rings (SSSR count). The molecule has 144 valence electrons. The second-order valence-electron chi connectivity index (χ2n) is 7.32. The van der Waals surface area contributed by atoms with Gasteiger partial charge < -0.3 is 15.1 Å². The number of piperazine rings is 1. The normalized spacial score (nSPS) is 15.8. The van der Waals surface area contributed by atoms with Crippen LogP contribution in [0.25, 0.3) is 0 Å². The summed E-state index contributed by atoms with van der Waals surface area (Å²) in [5, 5.41) is 3.46. The first kappa shape index (κ1) is 19.1. The Labute approximate surface area is 160 Å². The number of hydrogen-bond acceptors (Lipinski definition) is 4. The van der Waals surface area contributed by atoms with Crippen LogP contribution in [-0.2, 0) is 5.41 Å². The van der Waals surface area contributed by atoms with Gasteiger partial charge in [0.25, 0.3) is 0 Å². The van der Waals surface area contributed by atoms with Crippen molar-refractivity contribution in [3.8, 4) is 0 Å². The second-order valence-corrected chi connectivity index (χ2v) is 7.32. The molecule has 1 aromatic heterocycles. The third-order valence-electron chi connectivity index (χ3n) is 4.92. The van der Waals surface area contributed by atoms with E-state index in [4.69, 9.17) is 0 Å². The molecule has 1 aliphatic rings. The number of nitrogens with zero attached hydrogens (tertiary/aromatic N) is 5. The Kier molecular flexibility index (Phi) is 5.88. The highest BCUT2D eigenvalue weighted by molar-refractivity contribution is 5.80. The molecule has 1 aliphatic heterocycles. The maximum atomic E-state index is 13.6. The molecule has 7 heteroatoms. The van der Waals surface area contributed by atoms with E-state index >= 15 is 0 Å². The van der Waals surface area contributed by atoms with Gasteiger partial charge in [0.1, 0.15) is 5.82 Å². The van der Waals surface area contributed by atoms with Crippen molar-refractivity contribution in [2.45, 2.75) is 19.3 Å². The molecular formula is C20H27FN6. The summed E-state index contributed by atoms with van der Waals surface area (Å²) in [6, 6.07) is 8.62. The van der Waals surface area contributed by atoms with Crippen molar-refractivity contribution < 1.29 is 4.39 Å². The van der Waals surface area contributed by atoms with E-state index in [2.05, 4.69) is 43.9 Å². The summed E-state index contributed by atoms with van der Waals surface area (Å²) in [5.41, 5.74) is 0.758. The minimum Gasteiger partial charge on any atom is -0.355 e. The summed E-state index contributed by atoms with van der Waals surface area (Å²) in [5.74, 6) is 1.43. The molecule has 1 fully saturated rings. The van der Waals surface area contributed by atoms with Crippen molar-refractivity contribution in [1.29, 1.82) is 0 Å². The molecule has 1 saturated heterocycles. The lowest BCUT2D eigenvalue weighted by Crippen LogP contribution is -2.54. The fourth-order valence-corrected chi connectivity index (χ4v) is 3.22. The van der Waals surface area contributed by atoms with E-state index < -0.39 is 0 Å².